The highest BCUT2D eigenvalue weighted by Gasteiger charge is 2.15. The smallest absolute Gasteiger partial charge is 0.126 e. The molecule has 0 aliphatic heterocycles. The maximum Gasteiger partial charge on any atom is 0.126 e. The zero-order valence-electron chi connectivity index (χ0n) is 15.8. The maximum absolute atomic E-state index is 9.49. The predicted octanol–water partition coefficient (Wildman–Crippen LogP) is 0.942. The summed E-state index contributed by atoms with van der Waals surface area (Å²) in [6.45, 7) is 7.95. The van der Waals surface area contributed by atoms with E-state index in [1.165, 1.54) is 0 Å². The van der Waals surface area contributed by atoms with Crippen LogP contribution in [0.25, 0.3) is 0 Å². The number of aliphatic hydroxyl groups excluding tert-OH is 2. The fraction of sp³-hybridized carbons (Fsp3) is 1.00. The molecule has 0 aromatic carbocycles. The predicted molar refractivity (Wildman–Crippen MR) is 89.2 cm³/mol. The molecule has 0 radical (unpaired) electrons. The summed E-state index contributed by atoms with van der Waals surface area (Å²) in [5.74, 6) is 0. The van der Waals surface area contributed by atoms with Gasteiger partial charge in [0.25, 0.3) is 0 Å². The molecular weight excluding hydrogens is 268 g/mol. The Balaban J connectivity index is 0. The van der Waals surface area contributed by atoms with Gasteiger partial charge in [-0.25, -0.2) is 0 Å². The molecule has 0 aliphatic rings. The van der Waals surface area contributed by atoms with Gasteiger partial charge in [-0.15, -0.1) is 0 Å². The number of hydrogen-bond donors (Lipinski definition) is 2. The van der Waals surface area contributed by atoms with Crippen molar-refractivity contribution in [3.63, 3.8) is 0 Å². The first kappa shape index (κ1) is 23.1. The monoisotopic (exact) mass is 308 g/mol. The van der Waals surface area contributed by atoms with E-state index in [9.17, 15) is 10.2 Å². The summed E-state index contributed by atoms with van der Waals surface area (Å²) in [6, 6.07) is 0. The summed E-state index contributed by atoms with van der Waals surface area (Å²) >= 11 is 0. The Bertz CT molecular complexity index is 245. The molecule has 0 saturated heterocycles. The Morgan fingerprint density at radius 2 is 1.19 bits per heavy atom. The average molecular weight is 309 g/mol. The van der Waals surface area contributed by atoms with Crippen LogP contribution in [-0.2, 0) is 4.74 Å². The average Bonchev–Trinajstić information content (AvgIpc) is 2.22. The van der Waals surface area contributed by atoms with Gasteiger partial charge in [-0.1, -0.05) is 6.92 Å². The van der Waals surface area contributed by atoms with Crippen molar-refractivity contribution in [1.29, 1.82) is 0 Å². The number of rotatable bonds is 8. The largest absolute Gasteiger partial charge is 0.387 e. The number of nitrogens with zero attached hydrogens (tertiary/aromatic N) is 2. The fourth-order valence-corrected chi connectivity index (χ4v) is 1.75. The summed E-state index contributed by atoms with van der Waals surface area (Å²) < 4.78 is 6.90. The number of hydrogen-bond acceptors (Lipinski definition) is 3. The lowest BCUT2D eigenvalue weighted by molar-refractivity contribution is -0.873. The molecule has 0 bridgehead atoms. The van der Waals surface area contributed by atoms with Gasteiger partial charge in [-0.3, -0.25) is 0 Å². The van der Waals surface area contributed by atoms with E-state index in [1.54, 1.807) is 0 Å². The van der Waals surface area contributed by atoms with E-state index in [4.69, 9.17) is 4.74 Å². The van der Waals surface area contributed by atoms with Gasteiger partial charge in [0, 0.05) is 0 Å². The lowest BCUT2D eigenvalue weighted by Gasteiger charge is -2.26. The molecule has 0 aromatic heterocycles. The topological polar surface area (TPSA) is 49.7 Å². The van der Waals surface area contributed by atoms with Crippen molar-refractivity contribution < 1.29 is 23.9 Å². The third kappa shape index (κ3) is 22.2. The molecule has 0 aromatic rings. The van der Waals surface area contributed by atoms with Crippen molar-refractivity contribution in [2.24, 2.45) is 0 Å². The van der Waals surface area contributed by atoms with Crippen LogP contribution in [-0.4, -0.2) is 99.5 Å². The summed E-state index contributed by atoms with van der Waals surface area (Å²) in [6.07, 6.45) is 0.569. The van der Waals surface area contributed by atoms with E-state index in [1.807, 2.05) is 20.8 Å². The summed E-state index contributed by atoms with van der Waals surface area (Å²) in [5.41, 5.74) is 0. The van der Waals surface area contributed by atoms with Gasteiger partial charge in [0.15, 0.2) is 0 Å². The maximum atomic E-state index is 9.49. The highest BCUT2D eigenvalue weighted by Crippen LogP contribution is 1.98. The van der Waals surface area contributed by atoms with E-state index in [-0.39, 0.29) is 18.3 Å². The normalized spacial score (nSPS) is 15.4. The molecule has 0 amide bonds. The van der Waals surface area contributed by atoms with E-state index >= 15 is 0 Å². The van der Waals surface area contributed by atoms with E-state index in [0.717, 1.165) is 28.5 Å². The Labute approximate surface area is 132 Å². The second-order valence-electron chi connectivity index (χ2n) is 8.04. The SMILES string of the molecule is CC(C)OCC(O)C[N+](C)(C)C.CCC(O)C[N+](C)(C)C. The number of likely N-dealkylation sites (N-methyl/N-ethyl adjacent to an activating group) is 2. The molecule has 0 heterocycles. The Morgan fingerprint density at radius 1 is 0.810 bits per heavy atom. The van der Waals surface area contributed by atoms with Gasteiger partial charge in [0.2, 0.25) is 0 Å². The minimum absolute atomic E-state index is 0.134. The molecule has 5 nitrogen and oxygen atoms in total. The Kier molecular flexibility index (Phi) is 11.6. The van der Waals surface area contributed by atoms with Crippen LogP contribution < -0.4 is 0 Å². The van der Waals surface area contributed by atoms with Gasteiger partial charge >= 0.3 is 0 Å². The van der Waals surface area contributed by atoms with E-state index < -0.39 is 0 Å². The molecule has 2 atom stereocenters. The summed E-state index contributed by atoms with van der Waals surface area (Å²) in [5, 5.41) is 18.7. The molecule has 5 heteroatoms. The van der Waals surface area contributed by atoms with Crippen LogP contribution >= 0.6 is 0 Å². The first-order chi connectivity index (χ1) is 9.26. The second-order valence-corrected chi connectivity index (χ2v) is 8.04. The third-order valence-electron chi connectivity index (χ3n) is 2.61. The van der Waals surface area contributed by atoms with Crippen molar-refractivity contribution in [2.45, 2.75) is 45.5 Å². The van der Waals surface area contributed by atoms with Crippen molar-refractivity contribution >= 4 is 0 Å². The third-order valence-corrected chi connectivity index (χ3v) is 2.61. The zero-order valence-corrected chi connectivity index (χ0v) is 15.8. The van der Waals surface area contributed by atoms with Crippen molar-refractivity contribution in [2.75, 3.05) is 62.0 Å². The van der Waals surface area contributed by atoms with Gasteiger partial charge in [0.1, 0.15) is 25.3 Å². The standard InChI is InChI=1S/C9H22NO2.C7H18NO/c1-8(2)12-7-9(11)6-10(3,4)5;1-5-7(9)6-8(2,3)4/h8-9,11H,6-7H2,1-5H3;7,9H,5-6H2,1-4H3/q2*+1. The molecule has 2 N–H and O–H groups in total. The van der Waals surface area contributed by atoms with Crippen LogP contribution in [0.2, 0.25) is 0 Å². The lowest BCUT2D eigenvalue weighted by Crippen LogP contribution is -2.43. The Hall–Kier alpha value is -0.200. The zero-order chi connectivity index (χ0) is 17.3. The molecule has 0 spiro atoms. The fourth-order valence-electron chi connectivity index (χ4n) is 1.75. The molecule has 0 saturated carbocycles. The van der Waals surface area contributed by atoms with Crippen LogP contribution in [0.3, 0.4) is 0 Å². The van der Waals surface area contributed by atoms with Crippen LogP contribution in [0.4, 0.5) is 0 Å². The highest BCUT2D eigenvalue weighted by atomic mass is 16.5. The van der Waals surface area contributed by atoms with Gasteiger partial charge < -0.3 is 23.9 Å². The summed E-state index contributed by atoms with van der Waals surface area (Å²) in [7, 11) is 12.4. The highest BCUT2D eigenvalue weighted by molar-refractivity contribution is 4.52. The second kappa shape index (κ2) is 10.5. The molecule has 130 valence electrons. The molecule has 0 fully saturated rings. The summed E-state index contributed by atoms with van der Waals surface area (Å²) in [4.78, 5) is 0. The Morgan fingerprint density at radius 3 is 1.43 bits per heavy atom. The number of quaternary nitrogens is 2. The number of aliphatic hydroxyl groups is 2. The van der Waals surface area contributed by atoms with Crippen LogP contribution in [0.15, 0.2) is 0 Å². The van der Waals surface area contributed by atoms with Crippen LogP contribution in [0.1, 0.15) is 27.2 Å². The molecular formula is C16H40N2O3+2. The first-order valence-corrected chi connectivity index (χ1v) is 7.85. The van der Waals surface area contributed by atoms with Gasteiger partial charge in [-0.05, 0) is 20.3 Å². The molecule has 21 heavy (non-hydrogen) atoms. The van der Waals surface area contributed by atoms with Crippen molar-refractivity contribution in [3.05, 3.63) is 0 Å². The number of ether oxygens (including phenoxy) is 1. The molecule has 0 aliphatic carbocycles. The quantitative estimate of drug-likeness (QED) is 0.656. The van der Waals surface area contributed by atoms with Gasteiger partial charge in [0.05, 0.1) is 55.0 Å². The minimum Gasteiger partial charge on any atom is -0.387 e. The first-order valence-electron chi connectivity index (χ1n) is 7.85. The van der Waals surface area contributed by atoms with E-state index in [0.29, 0.717) is 6.61 Å². The van der Waals surface area contributed by atoms with Crippen molar-refractivity contribution in [1.82, 2.24) is 0 Å². The van der Waals surface area contributed by atoms with Crippen LogP contribution in [0.5, 0.6) is 0 Å². The van der Waals surface area contributed by atoms with E-state index in [2.05, 4.69) is 42.3 Å². The molecule has 0 rings (SSSR count). The molecule has 2 unspecified atom stereocenters. The van der Waals surface area contributed by atoms with Crippen LogP contribution in [0, 0.1) is 0 Å². The van der Waals surface area contributed by atoms with Gasteiger partial charge in [-0.2, -0.15) is 0 Å². The minimum atomic E-state index is -0.354. The van der Waals surface area contributed by atoms with Crippen molar-refractivity contribution in [3.8, 4) is 0 Å². The lowest BCUT2D eigenvalue weighted by atomic mass is 10.2.